The van der Waals surface area contributed by atoms with Crippen molar-refractivity contribution in [2.45, 2.75) is 64.7 Å². The summed E-state index contributed by atoms with van der Waals surface area (Å²) in [4.78, 5) is 11.2. The van der Waals surface area contributed by atoms with Crippen LogP contribution in [0.25, 0.3) is 0 Å². The van der Waals surface area contributed by atoms with E-state index < -0.39 is 0 Å². The van der Waals surface area contributed by atoms with Gasteiger partial charge in [0.2, 0.25) is 0 Å². The van der Waals surface area contributed by atoms with Gasteiger partial charge in [-0.2, -0.15) is 0 Å². The van der Waals surface area contributed by atoms with E-state index in [-0.39, 0.29) is 0 Å². The van der Waals surface area contributed by atoms with Gasteiger partial charge in [-0.1, -0.05) is 39.0 Å². The van der Waals surface area contributed by atoms with E-state index in [2.05, 4.69) is 6.92 Å². The van der Waals surface area contributed by atoms with E-state index in [1.54, 1.807) is 0 Å². The molecule has 2 aliphatic carbocycles. The molecule has 0 amide bonds. The molecular formula is C14H24O. The average Bonchev–Trinajstić information content (AvgIpc) is 2.65. The lowest BCUT2D eigenvalue weighted by molar-refractivity contribution is -0.117. The Labute approximate surface area is 93.6 Å². The molecule has 86 valence electrons. The van der Waals surface area contributed by atoms with Crippen LogP contribution in [0.15, 0.2) is 0 Å². The number of ketones is 1. The Kier molecular flexibility index (Phi) is 3.82. The zero-order valence-corrected chi connectivity index (χ0v) is 10.0. The Balaban J connectivity index is 1.75. The van der Waals surface area contributed by atoms with Gasteiger partial charge in [0.1, 0.15) is 5.78 Å². The van der Waals surface area contributed by atoms with Gasteiger partial charge in [0.15, 0.2) is 0 Å². The zero-order valence-electron chi connectivity index (χ0n) is 10.0. The Morgan fingerprint density at radius 3 is 2.53 bits per heavy atom. The minimum Gasteiger partial charge on any atom is -0.300 e. The van der Waals surface area contributed by atoms with Crippen LogP contribution in [0.1, 0.15) is 64.7 Å². The van der Waals surface area contributed by atoms with Crippen molar-refractivity contribution >= 4 is 5.78 Å². The molecule has 0 radical (unpaired) electrons. The summed E-state index contributed by atoms with van der Waals surface area (Å²) in [6.45, 7) is 2.42. The van der Waals surface area contributed by atoms with Gasteiger partial charge in [-0.05, 0) is 30.6 Å². The van der Waals surface area contributed by atoms with E-state index >= 15 is 0 Å². The van der Waals surface area contributed by atoms with Crippen LogP contribution in [0, 0.1) is 17.8 Å². The number of Topliss-reactive ketones (excluding diaryl/α,β-unsaturated/α-hetero) is 1. The molecule has 2 rings (SSSR count). The molecule has 2 atom stereocenters. The van der Waals surface area contributed by atoms with Crippen LogP contribution in [0.3, 0.4) is 0 Å². The second-order valence-corrected chi connectivity index (χ2v) is 5.76. The first kappa shape index (κ1) is 11.2. The third kappa shape index (κ3) is 3.06. The van der Waals surface area contributed by atoms with Crippen LogP contribution < -0.4 is 0 Å². The van der Waals surface area contributed by atoms with Gasteiger partial charge >= 0.3 is 0 Å². The SMILES string of the molecule is CC(CC1CCC(=O)C1)C1CCCCC1. The van der Waals surface area contributed by atoms with Crippen LogP contribution in [0.4, 0.5) is 0 Å². The molecule has 0 heterocycles. The van der Waals surface area contributed by atoms with Crippen molar-refractivity contribution < 1.29 is 4.79 Å². The molecule has 0 spiro atoms. The molecule has 1 nitrogen and oxygen atoms in total. The molecule has 2 unspecified atom stereocenters. The number of hydrogen-bond acceptors (Lipinski definition) is 1. The molecule has 0 aromatic heterocycles. The largest absolute Gasteiger partial charge is 0.300 e. The Morgan fingerprint density at radius 2 is 1.93 bits per heavy atom. The fourth-order valence-corrected chi connectivity index (χ4v) is 3.51. The number of carbonyl (C=O) groups excluding carboxylic acids is 1. The summed E-state index contributed by atoms with van der Waals surface area (Å²) < 4.78 is 0. The van der Waals surface area contributed by atoms with Crippen LogP contribution in [0.2, 0.25) is 0 Å². The van der Waals surface area contributed by atoms with Gasteiger partial charge in [-0.25, -0.2) is 0 Å². The minimum atomic E-state index is 0.510. The second kappa shape index (κ2) is 5.14. The highest BCUT2D eigenvalue weighted by Gasteiger charge is 2.27. The lowest BCUT2D eigenvalue weighted by Crippen LogP contribution is -2.17. The molecule has 0 aromatic rings. The molecule has 1 heteroatoms. The summed E-state index contributed by atoms with van der Waals surface area (Å²) in [6, 6.07) is 0. The van der Waals surface area contributed by atoms with E-state index in [0.717, 1.165) is 30.6 Å². The van der Waals surface area contributed by atoms with Gasteiger partial charge in [0.05, 0.1) is 0 Å². The fourth-order valence-electron chi connectivity index (χ4n) is 3.51. The van der Waals surface area contributed by atoms with E-state index in [4.69, 9.17) is 0 Å². The third-order valence-electron chi connectivity index (χ3n) is 4.51. The highest BCUT2D eigenvalue weighted by molar-refractivity contribution is 5.80. The first-order valence-electron chi connectivity index (χ1n) is 6.77. The molecule has 2 aliphatic rings. The lowest BCUT2D eigenvalue weighted by Gasteiger charge is -2.29. The highest BCUT2D eigenvalue weighted by Crippen LogP contribution is 2.36. The molecule has 0 N–H and O–H groups in total. The molecule has 15 heavy (non-hydrogen) atoms. The predicted octanol–water partition coefficient (Wildman–Crippen LogP) is 3.96. The van der Waals surface area contributed by atoms with E-state index in [1.807, 2.05) is 0 Å². The predicted molar refractivity (Wildman–Crippen MR) is 62.7 cm³/mol. The number of rotatable bonds is 3. The van der Waals surface area contributed by atoms with E-state index in [0.29, 0.717) is 5.78 Å². The summed E-state index contributed by atoms with van der Waals surface area (Å²) in [5, 5.41) is 0. The van der Waals surface area contributed by atoms with Gasteiger partial charge in [-0.3, -0.25) is 4.79 Å². The lowest BCUT2D eigenvalue weighted by atomic mass is 9.77. The Bertz CT molecular complexity index is 215. The van der Waals surface area contributed by atoms with Crippen molar-refractivity contribution in [1.82, 2.24) is 0 Å². The highest BCUT2D eigenvalue weighted by atomic mass is 16.1. The van der Waals surface area contributed by atoms with Crippen molar-refractivity contribution in [3.8, 4) is 0 Å². The third-order valence-corrected chi connectivity index (χ3v) is 4.51. The minimum absolute atomic E-state index is 0.510. The standard InChI is InChI=1S/C14H24O/c1-11(13-5-3-2-4-6-13)9-12-7-8-14(15)10-12/h11-13H,2-10H2,1H3. The quantitative estimate of drug-likeness (QED) is 0.686. The molecule has 0 aliphatic heterocycles. The fraction of sp³-hybridized carbons (Fsp3) is 0.929. The Hall–Kier alpha value is -0.330. The van der Waals surface area contributed by atoms with Crippen molar-refractivity contribution in [2.24, 2.45) is 17.8 Å². The molecule has 0 saturated heterocycles. The summed E-state index contributed by atoms with van der Waals surface area (Å²) >= 11 is 0. The van der Waals surface area contributed by atoms with Gasteiger partial charge in [0.25, 0.3) is 0 Å². The first-order chi connectivity index (χ1) is 7.25. The molecule has 2 saturated carbocycles. The molecular weight excluding hydrogens is 184 g/mol. The summed E-state index contributed by atoms with van der Waals surface area (Å²) in [5.74, 6) is 3.07. The van der Waals surface area contributed by atoms with Gasteiger partial charge in [0, 0.05) is 12.8 Å². The number of hydrogen-bond donors (Lipinski definition) is 0. The maximum absolute atomic E-state index is 11.2. The van der Waals surface area contributed by atoms with Gasteiger partial charge in [-0.15, -0.1) is 0 Å². The maximum Gasteiger partial charge on any atom is 0.133 e. The first-order valence-corrected chi connectivity index (χ1v) is 6.77. The molecule has 0 aromatic carbocycles. The second-order valence-electron chi connectivity index (χ2n) is 5.76. The normalized spacial score (nSPS) is 30.7. The van der Waals surface area contributed by atoms with Crippen LogP contribution in [-0.2, 0) is 4.79 Å². The van der Waals surface area contributed by atoms with E-state index in [1.165, 1.54) is 44.9 Å². The summed E-state index contributed by atoms with van der Waals surface area (Å²) in [6.07, 6.45) is 11.5. The van der Waals surface area contributed by atoms with Crippen molar-refractivity contribution in [2.75, 3.05) is 0 Å². The molecule has 2 fully saturated rings. The topological polar surface area (TPSA) is 17.1 Å². The summed E-state index contributed by atoms with van der Waals surface area (Å²) in [5.41, 5.74) is 0. The van der Waals surface area contributed by atoms with Crippen molar-refractivity contribution in [3.63, 3.8) is 0 Å². The van der Waals surface area contributed by atoms with Gasteiger partial charge < -0.3 is 0 Å². The maximum atomic E-state index is 11.2. The Morgan fingerprint density at radius 1 is 1.20 bits per heavy atom. The number of carbonyl (C=O) groups is 1. The molecule has 0 bridgehead atoms. The monoisotopic (exact) mass is 208 g/mol. The average molecular weight is 208 g/mol. The van der Waals surface area contributed by atoms with Crippen LogP contribution >= 0.6 is 0 Å². The summed E-state index contributed by atoms with van der Waals surface area (Å²) in [7, 11) is 0. The van der Waals surface area contributed by atoms with Crippen molar-refractivity contribution in [1.29, 1.82) is 0 Å². The van der Waals surface area contributed by atoms with E-state index in [9.17, 15) is 4.79 Å². The van der Waals surface area contributed by atoms with Crippen LogP contribution in [-0.4, -0.2) is 5.78 Å². The smallest absolute Gasteiger partial charge is 0.133 e. The zero-order chi connectivity index (χ0) is 10.7. The van der Waals surface area contributed by atoms with Crippen LogP contribution in [0.5, 0.6) is 0 Å². The van der Waals surface area contributed by atoms with Crippen molar-refractivity contribution in [3.05, 3.63) is 0 Å².